The van der Waals surface area contributed by atoms with Crippen LogP contribution < -0.4 is 0 Å². The van der Waals surface area contributed by atoms with Crippen LogP contribution in [0.4, 0.5) is 0 Å². The zero-order chi connectivity index (χ0) is 17.9. The first kappa shape index (κ1) is 19.7. The topological polar surface area (TPSA) is 12.5 Å². The molecule has 2 atom stereocenters. The number of hydrogen-bond acceptors (Lipinski definition) is 2. The van der Waals surface area contributed by atoms with Crippen molar-refractivity contribution in [3.63, 3.8) is 0 Å². The maximum atomic E-state index is 6.21. The Hall–Kier alpha value is -2.32. The Balaban J connectivity index is 3.20. The third-order valence-electron chi connectivity index (χ3n) is 3.87. The van der Waals surface area contributed by atoms with Gasteiger partial charge in [0, 0.05) is 6.42 Å². The molecular weight excluding hydrogens is 294 g/mol. The lowest BCUT2D eigenvalue weighted by molar-refractivity contribution is -0.138. The van der Waals surface area contributed by atoms with Crippen molar-refractivity contribution in [1.82, 2.24) is 5.06 Å². The van der Waals surface area contributed by atoms with E-state index in [0.717, 1.165) is 17.7 Å². The van der Waals surface area contributed by atoms with Gasteiger partial charge < -0.3 is 0 Å². The van der Waals surface area contributed by atoms with Crippen molar-refractivity contribution >= 4 is 0 Å². The number of allylic oxidation sites excluding steroid dienone is 9. The van der Waals surface area contributed by atoms with E-state index in [9.17, 15) is 0 Å². The first-order valence-corrected chi connectivity index (χ1v) is 8.28. The first-order chi connectivity index (χ1) is 11.6. The zero-order valence-electron chi connectivity index (χ0n) is 14.9. The summed E-state index contributed by atoms with van der Waals surface area (Å²) < 4.78 is 0. The summed E-state index contributed by atoms with van der Waals surface area (Å²) in [6.45, 7) is 19.6. The van der Waals surface area contributed by atoms with Crippen molar-refractivity contribution in [3.05, 3.63) is 98.3 Å². The van der Waals surface area contributed by atoms with Crippen LogP contribution in [0.15, 0.2) is 98.3 Å². The lowest BCUT2D eigenvalue weighted by Gasteiger charge is -2.26. The summed E-state index contributed by atoms with van der Waals surface area (Å²) in [4.78, 5) is 6.21. The molecule has 2 nitrogen and oxygen atoms in total. The molecular formula is C22H29NO. The Bertz CT molecular complexity index is 527. The van der Waals surface area contributed by atoms with Crippen LogP contribution in [0, 0.1) is 5.92 Å². The molecule has 0 aromatic carbocycles. The summed E-state index contributed by atoms with van der Waals surface area (Å²) in [5, 5.41) is 1.94. The van der Waals surface area contributed by atoms with Gasteiger partial charge in [0.25, 0.3) is 0 Å². The maximum absolute atomic E-state index is 6.21. The van der Waals surface area contributed by atoms with Crippen molar-refractivity contribution in [2.45, 2.75) is 32.4 Å². The zero-order valence-corrected chi connectivity index (χ0v) is 14.9. The van der Waals surface area contributed by atoms with E-state index in [-0.39, 0.29) is 12.1 Å². The minimum Gasteiger partial charge on any atom is -0.269 e. The Morgan fingerprint density at radius 2 is 1.58 bits per heavy atom. The Morgan fingerprint density at radius 3 is 2.08 bits per heavy atom. The van der Waals surface area contributed by atoms with Gasteiger partial charge in [0.15, 0.2) is 0 Å². The van der Waals surface area contributed by atoms with Gasteiger partial charge in [-0.1, -0.05) is 88.8 Å². The fourth-order valence-electron chi connectivity index (χ4n) is 2.51. The molecule has 0 aromatic rings. The molecule has 0 saturated carbocycles. The molecule has 1 fully saturated rings. The molecule has 0 amide bonds. The average molecular weight is 323 g/mol. The quantitative estimate of drug-likeness (QED) is 0.506. The Kier molecular flexibility index (Phi) is 8.59. The lowest BCUT2D eigenvalue weighted by Crippen LogP contribution is -2.28. The van der Waals surface area contributed by atoms with Crippen LogP contribution in [0.1, 0.15) is 20.3 Å². The average Bonchev–Trinajstić information content (AvgIpc) is 3.01. The molecule has 1 rings (SSSR count). The lowest BCUT2D eigenvalue weighted by atomic mass is 9.95. The monoisotopic (exact) mass is 323 g/mol. The van der Waals surface area contributed by atoms with Crippen LogP contribution in [0.5, 0.6) is 0 Å². The highest BCUT2D eigenvalue weighted by Crippen LogP contribution is 2.34. The van der Waals surface area contributed by atoms with E-state index in [1.54, 1.807) is 12.2 Å². The van der Waals surface area contributed by atoms with E-state index in [1.807, 2.05) is 47.6 Å². The van der Waals surface area contributed by atoms with Crippen molar-refractivity contribution in [2.75, 3.05) is 0 Å². The van der Waals surface area contributed by atoms with E-state index < -0.39 is 0 Å². The minimum atomic E-state index is 0.103. The third kappa shape index (κ3) is 5.39. The van der Waals surface area contributed by atoms with E-state index >= 15 is 0 Å². The van der Waals surface area contributed by atoms with Gasteiger partial charge in [-0.05, 0) is 23.6 Å². The molecule has 2 unspecified atom stereocenters. The second-order valence-corrected chi connectivity index (χ2v) is 5.87. The van der Waals surface area contributed by atoms with Crippen LogP contribution in [0.3, 0.4) is 0 Å². The smallest absolute Gasteiger partial charge is 0.0903 e. The molecule has 0 radical (unpaired) electrons. The summed E-state index contributed by atoms with van der Waals surface area (Å²) in [5.74, 6) is 0.432. The standard InChI is InChI=1S/C22H29NO/c1-7-11-13-15-19(9-3)21-17-22(18(5)6)24-23(21)20(10-4)16-14-12-8-2/h7-16,18,21-22H,1-4,17H2,5-6H3/b13-11-,14-12-,19-15+,20-16+. The highest BCUT2D eigenvalue weighted by molar-refractivity contribution is 5.32. The molecule has 0 spiro atoms. The predicted molar refractivity (Wildman–Crippen MR) is 105 cm³/mol. The van der Waals surface area contributed by atoms with Crippen LogP contribution >= 0.6 is 0 Å². The minimum absolute atomic E-state index is 0.103. The number of hydroxylamine groups is 2. The first-order valence-electron chi connectivity index (χ1n) is 8.28. The van der Waals surface area contributed by atoms with Crippen molar-refractivity contribution in [1.29, 1.82) is 0 Å². The molecule has 0 bridgehead atoms. The highest BCUT2D eigenvalue weighted by Gasteiger charge is 2.36. The van der Waals surface area contributed by atoms with Gasteiger partial charge in [-0.15, -0.1) is 0 Å². The number of rotatable bonds is 9. The van der Waals surface area contributed by atoms with Crippen LogP contribution in [-0.4, -0.2) is 17.2 Å². The molecule has 0 aliphatic carbocycles. The van der Waals surface area contributed by atoms with E-state index in [2.05, 4.69) is 46.2 Å². The molecule has 1 saturated heterocycles. The molecule has 0 aromatic heterocycles. The molecule has 1 aliphatic rings. The normalized spacial score (nSPS) is 22.5. The number of hydrogen-bond donors (Lipinski definition) is 0. The fourth-order valence-corrected chi connectivity index (χ4v) is 2.51. The molecule has 1 heterocycles. The summed E-state index contributed by atoms with van der Waals surface area (Å²) in [7, 11) is 0. The van der Waals surface area contributed by atoms with Crippen molar-refractivity contribution in [3.8, 4) is 0 Å². The largest absolute Gasteiger partial charge is 0.269 e. The van der Waals surface area contributed by atoms with Crippen LogP contribution in [0.25, 0.3) is 0 Å². The molecule has 0 N–H and O–H groups in total. The molecule has 24 heavy (non-hydrogen) atoms. The molecule has 2 heteroatoms. The van der Waals surface area contributed by atoms with Gasteiger partial charge >= 0.3 is 0 Å². The van der Waals surface area contributed by atoms with E-state index in [4.69, 9.17) is 4.84 Å². The Morgan fingerprint density at radius 1 is 0.958 bits per heavy atom. The maximum Gasteiger partial charge on any atom is 0.0903 e. The number of nitrogens with zero attached hydrogens (tertiary/aromatic N) is 1. The third-order valence-corrected chi connectivity index (χ3v) is 3.87. The van der Waals surface area contributed by atoms with Crippen LogP contribution in [-0.2, 0) is 4.84 Å². The summed E-state index contributed by atoms with van der Waals surface area (Å²) >= 11 is 0. The van der Waals surface area contributed by atoms with Gasteiger partial charge in [0.2, 0.25) is 0 Å². The van der Waals surface area contributed by atoms with Gasteiger partial charge in [0.1, 0.15) is 0 Å². The van der Waals surface area contributed by atoms with Gasteiger partial charge in [-0.3, -0.25) is 4.84 Å². The SMILES string of the molecule is C=C/C=C\C=C(/C=C)C1CC(C(C)C)ON1/C(C=C)=C/C=C\C=C. The second-order valence-electron chi connectivity index (χ2n) is 5.87. The fraction of sp³-hybridized carbons (Fsp3) is 0.273. The van der Waals surface area contributed by atoms with Gasteiger partial charge in [0.05, 0.1) is 17.8 Å². The van der Waals surface area contributed by atoms with Crippen molar-refractivity contribution in [2.24, 2.45) is 5.92 Å². The Labute approximate surface area is 147 Å². The summed E-state index contributed by atoms with van der Waals surface area (Å²) in [5.41, 5.74) is 2.03. The molecule has 128 valence electrons. The summed E-state index contributed by atoms with van der Waals surface area (Å²) in [6, 6.07) is 0.103. The highest BCUT2D eigenvalue weighted by atomic mass is 16.7. The van der Waals surface area contributed by atoms with Crippen LogP contribution in [0.2, 0.25) is 0 Å². The van der Waals surface area contributed by atoms with Gasteiger partial charge in [-0.25, -0.2) is 5.06 Å². The van der Waals surface area contributed by atoms with Gasteiger partial charge in [-0.2, -0.15) is 0 Å². The van der Waals surface area contributed by atoms with E-state index in [1.165, 1.54) is 0 Å². The van der Waals surface area contributed by atoms with Crippen molar-refractivity contribution < 1.29 is 4.84 Å². The second kappa shape index (κ2) is 10.5. The van der Waals surface area contributed by atoms with E-state index in [0.29, 0.717) is 5.92 Å². The summed E-state index contributed by atoms with van der Waals surface area (Å²) in [6.07, 6.45) is 20.0. The molecule has 1 aliphatic heterocycles. The predicted octanol–water partition coefficient (Wildman–Crippen LogP) is 5.68.